The zero-order chi connectivity index (χ0) is 14.2. The number of hydrogen-bond acceptors (Lipinski definition) is 6. The van der Waals surface area contributed by atoms with E-state index in [1.807, 2.05) is 0 Å². The number of hydrogen-bond donors (Lipinski definition) is 1. The molecule has 1 aromatic carbocycles. The summed E-state index contributed by atoms with van der Waals surface area (Å²) in [7, 11) is -3.62. The molecule has 6 nitrogen and oxygen atoms in total. The van der Waals surface area contributed by atoms with Gasteiger partial charge >= 0.3 is 0 Å². The van der Waals surface area contributed by atoms with Gasteiger partial charge in [-0.2, -0.15) is 0 Å². The van der Waals surface area contributed by atoms with Gasteiger partial charge in [-0.05, 0) is 18.6 Å². The van der Waals surface area contributed by atoms with E-state index < -0.39 is 16.1 Å². The molecule has 1 aliphatic rings. The smallest absolute Gasteiger partial charge is 0.218 e. The van der Waals surface area contributed by atoms with Gasteiger partial charge in [-0.1, -0.05) is 29.1 Å². The zero-order valence-corrected chi connectivity index (χ0v) is 12.0. The minimum atomic E-state index is -3.62. The van der Waals surface area contributed by atoms with Crippen molar-refractivity contribution in [1.82, 2.24) is 9.88 Å². The van der Waals surface area contributed by atoms with Crippen molar-refractivity contribution in [3.63, 3.8) is 0 Å². The maximum absolute atomic E-state index is 12.1. The average Bonchev–Trinajstić information content (AvgIpc) is 2.97. The van der Waals surface area contributed by atoms with Crippen LogP contribution in [0.15, 0.2) is 28.8 Å². The molecule has 1 aromatic heterocycles. The average molecular weight is 312 g/mol. The first kappa shape index (κ1) is 13.6. The number of carbonyl (C=O) groups excluding carboxylic acids is 1. The van der Waals surface area contributed by atoms with Gasteiger partial charge in [0.15, 0.2) is 5.58 Å². The van der Waals surface area contributed by atoms with Crippen molar-refractivity contribution in [2.45, 2.75) is 18.2 Å². The van der Waals surface area contributed by atoms with Crippen LogP contribution in [0.25, 0.3) is 11.0 Å². The molecule has 0 amide bonds. The van der Waals surface area contributed by atoms with Gasteiger partial charge in [0.25, 0.3) is 0 Å². The Morgan fingerprint density at radius 2 is 2.20 bits per heavy atom. The monoisotopic (exact) mass is 312 g/mol. The van der Waals surface area contributed by atoms with Crippen molar-refractivity contribution in [2.24, 2.45) is 0 Å². The molecule has 0 spiro atoms. The van der Waals surface area contributed by atoms with Crippen molar-refractivity contribution in [2.75, 3.05) is 5.75 Å². The fourth-order valence-corrected chi connectivity index (χ4v) is 4.40. The third-order valence-corrected chi connectivity index (χ3v) is 5.34. The lowest BCUT2D eigenvalue weighted by molar-refractivity contribution is -0.111. The largest absolute Gasteiger partial charge is 0.356 e. The van der Waals surface area contributed by atoms with E-state index in [4.69, 9.17) is 4.52 Å². The summed E-state index contributed by atoms with van der Waals surface area (Å²) in [5, 5.41) is 4.33. The van der Waals surface area contributed by atoms with Crippen LogP contribution in [0.5, 0.6) is 0 Å². The summed E-state index contributed by atoms with van der Waals surface area (Å²) >= 11 is 1.16. The lowest BCUT2D eigenvalue weighted by atomic mass is 10.2. The zero-order valence-electron chi connectivity index (χ0n) is 10.4. The summed E-state index contributed by atoms with van der Waals surface area (Å²) in [5.74, 6) is 0.359. The molecule has 2 aromatic rings. The van der Waals surface area contributed by atoms with Crippen LogP contribution in [0, 0.1) is 0 Å². The van der Waals surface area contributed by atoms with E-state index in [0.29, 0.717) is 28.8 Å². The highest BCUT2D eigenvalue weighted by Gasteiger charge is 2.30. The summed E-state index contributed by atoms with van der Waals surface area (Å²) in [6, 6.07) is 6.44. The Kier molecular flexibility index (Phi) is 3.53. The van der Waals surface area contributed by atoms with Gasteiger partial charge in [0.05, 0.1) is 6.04 Å². The quantitative estimate of drug-likeness (QED) is 0.915. The second kappa shape index (κ2) is 5.19. The topological polar surface area (TPSA) is 89.3 Å². The number of sulfonamides is 1. The number of rotatable bonds is 4. The fourth-order valence-electron chi connectivity index (χ4n) is 2.08. The predicted molar refractivity (Wildman–Crippen MR) is 75.6 cm³/mol. The Hall–Kier alpha value is -1.38. The van der Waals surface area contributed by atoms with Crippen LogP contribution in [0.4, 0.5) is 0 Å². The molecule has 2 heterocycles. The number of aromatic nitrogens is 1. The SMILES string of the molecule is O=C1SCCC1NS(=O)(=O)Cc1noc2ccccc12. The number of nitrogens with zero attached hydrogens (tertiary/aromatic N) is 1. The predicted octanol–water partition coefficient (Wildman–Crippen LogP) is 1.28. The van der Waals surface area contributed by atoms with Gasteiger partial charge in [0, 0.05) is 11.1 Å². The van der Waals surface area contributed by atoms with Gasteiger partial charge in [-0.3, -0.25) is 4.79 Å². The third-order valence-electron chi connectivity index (χ3n) is 3.04. The number of carbonyl (C=O) groups is 1. The second-order valence-corrected chi connectivity index (χ2v) is 7.36. The molecule has 1 unspecified atom stereocenters. The molecule has 3 rings (SSSR count). The molecule has 8 heteroatoms. The normalized spacial score (nSPS) is 19.8. The number of nitrogens with one attached hydrogen (secondary N) is 1. The third kappa shape index (κ3) is 2.72. The summed E-state index contributed by atoms with van der Waals surface area (Å²) in [5.41, 5.74) is 0.899. The van der Waals surface area contributed by atoms with Crippen molar-refractivity contribution in [3.8, 4) is 0 Å². The molecule has 20 heavy (non-hydrogen) atoms. The molecule has 0 saturated carbocycles. The first-order valence-electron chi connectivity index (χ1n) is 6.05. The Labute approximate surface area is 119 Å². The Bertz CT molecular complexity index is 754. The van der Waals surface area contributed by atoms with Crippen LogP contribution in [0.3, 0.4) is 0 Å². The van der Waals surface area contributed by atoms with E-state index in [1.165, 1.54) is 0 Å². The van der Waals surface area contributed by atoms with Crippen LogP contribution in [0.1, 0.15) is 12.1 Å². The Balaban J connectivity index is 1.81. The molecule has 1 N–H and O–H groups in total. The summed E-state index contributed by atoms with van der Waals surface area (Å²) in [4.78, 5) is 11.5. The Morgan fingerprint density at radius 3 is 2.95 bits per heavy atom. The summed E-state index contributed by atoms with van der Waals surface area (Å²) in [6.07, 6.45) is 0.530. The van der Waals surface area contributed by atoms with Crippen LogP contribution in [0.2, 0.25) is 0 Å². The highest BCUT2D eigenvalue weighted by Crippen LogP contribution is 2.22. The van der Waals surface area contributed by atoms with Crippen molar-refractivity contribution in [1.29, 1.82) is 0 Å². The number of para-hydroxylation sites is 1. The second-order valence-electron chi connectivity index (χ2n) is 4.51. The van der Waals surface area contributed by atoms with E-state index in [0.717, 1.165) is 11.8 Å². The Morgan fingerprint density at radius 1 is 1.40 bits per heavy atom. The van der Waals surface area contributed by atoms with Crippen LogP contribution in [-0.4, -0.2) is 30.5 Å². The maximum Gasteiger partial charge on any atom is 0.218 e. The van der Waals surface area contributed by atoms with E-state index in [1.54, 1.807) is 24.3 Å². The number of thioether (sulfide) groups is 1. The van der Waals surface area contributed by atoms with Crippen molar-refractivity contribution in [3.05, 3.63) is 30.0 Å². The van der Waals surface area contributed by atoms with Gasteiger partial charge in [-0.25, -0.2) is 13.1 Å². The van der Waals surface area contributed by atoms with E-state index >= 15 is 0 Å². The fraction of sp³-hybridized carbons (Fsp3) is 0.333. The highest BCUT2D eigenvalue weighted by atomic mass is 32.2. The van der Waals surface area contributed by atoms with E-state index in [-0.39, 0.29) is 10.9 Å². The van der Waals surface area contributed by atoms with Gasteiger partial charge < -0.3 is 4.52 Å². The van der Waals surface area contributed by atoms with Gasteiger partial charge in [0.1, 0.15) is 11.4 Å². The highest BCUT2D eigenvalue weighted by molar-refractivity contribution is 8.14. The van der Waals surface area contributed by atoms with Crippen LogP contribution in [-0.2, 0) is 20.6 Å². The van der Waals surface area contributed by atoms with Crippen LogP contribution < -0.4 is 4.72 Å². The molecule has 1 fully saturated rings. The lowest BCUT2D eigenvalue weighted by Crippen LogP contribution is -2.37. The molecule has 1 aliphatic heterocycles. The molecule has 0 bridgehead atoms. The van der Waals surface area contributed by atoms with E-state index in [9.17, 15) is 13.2 Å². The molecule has 1 atom stereocenters. The van der Waals surface area contributed by atoms with Crippen molar-refractivity contribution < 1.29 is 17.7 Å². The van der Waals surface area contributed by atoms with Gasteiger partial charge in [0.2, 0.25) is 15.1 Å². The van der Waals surface area contributed by atoms with Crippen molar-refractivity contribution >= 4 is 37.9 Å². The lowest BCUT2D eigenvalue weighted by Gasteiger charge is -2.09. The number of fused-ring (bicyclic) bond motifs is 1. The summed E-state index contributed by atoms with van der Waals surface area (Å²) in [6.45, 7) is 0. The maximum atomic E-state index is 12.1. The first-order valence-corrected chi connectivity index (χ1v) is 8.69. The first-order chi connectivity index (χ1) is 9.55. The molecule has 1 saturated heterocycles. The summed E-state index contributed by atoms with van der Waals surface area (Å²) < 4.78 is 31.7. The van der Waals surface area contributed by atoms with Gasteiger partial charge in [-0.15, -0.1) is 0 Å². The molecule has 0 radical (unpaired) electrons. The van der Waals surface area contributed by atoms with Crippen LogP contribution >= 0.6 is 11.8 Å². The van der Waals surface area contributed by atoms with E-state index in [2.05, 4.69) is 9.88 Å². The molecule has 106 valence electrons. The number of benzene rings is 1. The minimum absolute atomic E-state index is 0.126. The molecular formula is C12H12N2O4S2. The molecular weight excluding hydrogens is 300 g/mol. The standard InChI is InChI=1S/C12H12N2O4S2/c15-12-9(5-6-19-12)14-20(16,17)7-10-8-3-1-2-4-11(8)18-13-10/h1-4,9,14H,5-7H2. The molecule has 0 aliphatic carbocycles. The minimum Gasteiger partial charge on any atom is -0.356 e.